The van der Waals surface area contributed by atoms with Crippen LogP contribution in [-0.2, 0) is 6.54 Å². The molecular weight excluding hydrogens is 458 g/mol. The summed E-state index contributed by atoms with van der Waals surface area (Å²) in [5.74, 6) is 1.76. The fraction of sp³-hybridized carbons (Fsp3) is 0.250. The maximum absolute atomic E-state index is 12.8. The van der Waals surface area contributed by atoms with Crippen molar-refractivity contribution in [3.8, 4) is 23.0 Å². The van der Waals surface area contributed by atoms with Gasteiger partial charge in [-0.2, -0.15) is 0 Å². The van der Waals surface area contributed by atoms with E-state index < -0.39 is 0 Å². The normalized spacial score (nSPS) is 10.9. The van der Waals surface area contributed by atoms with E-state index in [0.29, 0.717) is 50.8 Å². The molecule has 2 heterocycles. The van der Waals surface area contributed by atoms with Crippen molar-refractivity contribution >= 4 is 23.2 Å². The van der Waals surface area contributed by atoms with E-state index >= 15 is 0 Å². The summed E-state index contributed by atoms with van der Waals surface area (Å²) in [4.78, 5) is 17.5. The molecule has 0 radical (unpaired) electrons. The fourth-order valence-corrected chi connectivity index (χ4v) is 3.71. The average molecular weight is 482 g/mol. The minimum Gasteiger partial charge on any atom is -0.493 e. The molecule has 0 spiro atoms. The summed E-state index contributed by atoms with van der Waals surface area (Å²) in [5, 5.41) is 11.6. The summed E-state index contributed by atoms with van der Waals surface area (Å²) in [6.45, 7) is 5.72. The third kappa shape index (κ3) is 4.34. The second kappa shape index (κ2) is 9.56. The number of carbonyl (C=O) groups excluding carboxylic acids is 1. The quantitative estimate of drug-likeness (QED) is 0.403. The first-order chi connectivity index (χ1) is 16.3. The second-order valence-corrected chi connectivity index (χ2v) is 8.02. The monoisotopic (exact) mass is 481 g/mol. The minimum atomic E-state index is -0.368. The summed E-state index contributed by atoms with van der Waals surface area (Å²) < 4.78 is 18.4. The zero-order valence-electron chi connectivity index (χ0n) is 19.5. The number of nitrogens with zero attached hydrogens (tertiary/aromatic N) is 4. The highest BCUT2D eigenvalue weighted by Crippen LogP contribution is 2.38. The molecule has 0 aliphatic heterocycles. The van der Waals surface area contributed by atoms with Gasteiger partial charge in [-0.3, -0.25) is 4.79 Å². The number of carbonyl (C=O) groups is 1. The number of amides is 1. The molecular formula is C24H24ClN5O4. The van der Waals surface area contributed by atoms with Crippen molar-refractivity contribution in [1.29, 1.82) is 0 Å². The van der Waals surface area contributed by atoms with E-state index in [0.717, 1.165) is 5.56 Å². The molecule has 176 valence electrons. The summed E-state index contributed by atoms with van der Waals surface area (Å²) in [6, 6.07) is 10.8. The Hall–Kier alpha value is -3.85. The Labute approximate surface area is 201 Å². The van der Waals surface area contributed by atoms with E-state index in [-0.39, 0.29) is 18.1 Å². The molecule has 9 nitrogen and oxygen atoms in total. The molecule has 0 saturated carbocycles. The first-order valence-corrected chi connectivity index (χ1v) is 10.9. The number of anilines is 1. The largest absolute Gasteiger partial charge is 0.493 e. The topological polar surface area (TPSA) is 104 Å². The molecule has 2 aromatic heterocycles. The van der Waals surface area contributed by atoms with Gasteiger partial charge in [0, 0.05) is 10.7 Å². The maximum atomic E-state index is 12.8. The number of methoxy groups -OCH3 is 2. The lowest BCUT2D eigenvalue weighted by Crippen LogP contribution is -2.15. The Bertz CT molecular complexity index is 1360. The maximum Gasteiger partial charge on any atom is 0.278 e. The van der Waals surface area contributed by atoms with Crippen molar-refractivity contribution in [3.05, 3.63) is 69.8 Å². The van der Waals surface area contributed by atoms with Gasteiger partial charge in [0.2, 0.25) is 5.89 Å². The van der Waals surface area contributed by atoms with E-state index in [1.54, 1.807) is 50.1 Å². The van der Waals surface area contributed by atoms with Crippen LogP contribution in [0.25, 0.3) is 11.5 Å². The first-order valence-electron chi connectivity index (χ1n) is 10.5. The molecule has 4 aromatic rings. The van der Waals surface area contributed by atoms with E-state index in [1.165, 1.54) is 0 Å². The molecule has 0 bridgehead atoms. The molecule has 0 unspecified atom stereocenters. The zero-order chi connectivity index (χ0) is 24.4. The third-order valence-electron chi connectivity index (χ3n) is 5.54. The molecule has 0 fully saturated rings. The molecule has 34 heavy (non-hydrogen) atoms. The van der Waals surface area contributed by atoms with Crippen LogP contribution >= 0.6 is 11.6 Å². The highest BCUT2D eigenvalue weighted by Gasteiger charge is 2.21. The molecule has 0 aliphatic carbocycles. The summed E-state index contributed by atoms with van der Waals surface area (Å²) in [6.07, 6.45) is 0. The van der Waals surface area contributed by atoms with Gasteiger partial charge in [0.15, 0.2) is 17.2 Å². The molecule has 4 rings (SSSR count). The van der Waals surface area contributed by atoms with Crippen LogP contribution in [0.4, 0.5) is 5.69 Å². The minimum absolute atomic E-state index is 0.218. The van der Waals surface area contributed by atoms with Crippen molar-refractivity contribution in [2.75, 3.05) is 19.5 Å². The number of para-hydroxylation sites is 1. The molecule has 0 aliphatic rings. The summed E-state index contributed by atoms with van der Waals surface area (Å²) in [7, 11) is 3.14. The molecule has 0 saturated heterocycles. The van der Waals surface area contributed by atoms with E-state index in [2.05, 4.69) is 20.6 Å². The van der Waals surface area contributed by atoms with Crippen LogP contribution < -0.4 is 14.8 Å². The molecule has 2 aromatic carbocycles. The molecule has 10 heteroatoms. The van der Waals surface area contributed by atoms with E-state index in [4.69, 9.17) is 25.5 Å². The number of ether oxygens (including phenoxy) is 2. The van der Waals surface area contributed by atoms with Crippen molar-refractivity contribution in [3.63, 3.8) is 0 Å². The Kier molecular flexibility index (Phi) is 6.56. The van der Waals surface area contributed by atoms with Crippen molar-refractivity contribution in [2.45, 2.75) is 27.3 Å². The number of nitrogens with one attached hydrogen (secondary N) is 1. The fourth-order valence-electron chi connectivity index (χ4n) is 3.53. The van der Waals surface area contributed by atoms with E-state index in [1.807, 2.05) is 26.0 Å². The molecule has 1 amide bonds. The number of halogens is 1. The van der Waals surface area contributed by atoms with Gasteiger partial charge in [-0.25, -0.2) is 9.67 Å². The number of oxazole rings is 1. The van der Waals surface area contributed by atoms with Crippen LogP contribution in [0.2, 0.25) is 5.02 Å². The van der Waals surface area contributed by atoms with Gasteiger partial charge in [0.1, 0.15) is 11.5 Å². The Balaban J connectivity index is 1.58. The average Bonchev–Trinajstić information content (AvgIpc) is 3.38. The summed E-state index contributed by atoms with van der Waals surface area (Å²) >= 11 is 6.15. The van der Waals surface area contributed by atoms with Crippen LogP contribution in [0.15, 0.2) is 40.8 Å². The van der Waals surface area contributed by atoms with Gasteiger partial charge >= 0.3 is 0 Å². The third-order valence-corrected chi connectivity index (χ3v) is 5.95. The van der Waals surface area contributed by atoms with Gasteiger partial charge in [0.05, 0.1) is 32.0 Å². The first kappa shape index (κ1) is 23.3. The van der Waals surface area contributed by atoms with Gasteiger partial charge < -0.3 is 19.2 Å². The van der Waals surface area contributed by atoms with Crippen LogP contribution in [0.1, 0.15) is 33.2 Å². The standard InChI is InChI=1S/C24H24ClN5O4/c1-13-17(25)9-7-10-18(13)26-23(31)21-14(2)30(29-28-21)12-19-15(3)34-24(27-19)16-8-6-11-20(32-4)22(16)33-5/h6-11H,12H2,1-5H3,(H,26,31). The Morgan fingerprint density at radius 3 is 2.62 bits per heavy atom. The number of benzene rings is 2. The van der Waals surface area contributed by atoms with Crippen molar-refractivity contribution in [1.82, 2.24) is 20.0 Å². The van der Waals surface area contributed by atoms with Gasteiger partial charge in [-0.1, -0.05) is 28.9 Å². The van der Waals surface area contributed by atoms with E-state index in [9.17, 15) is 4.79 Å². The SMILES string of the molecule is COc1cccc(-c2nc(Cn3nnc(C(=O)Nc4cccc(Cl)c4C)c3C)c(C)o2)c1OC. The second-order valence-electron chi connectivity index (χ2n) is 7.61. The lowest BCUT2D eigenvalue weighted by molar-refractivity contribution is 0.102. The van der Waals surface area contributed by atoms with Crippen molar-refractivity contribution < 1.29 is 18.7 Å². The smallest absolute Gasteiger partial charge is 0.278 e. The van der Waals surface area contributed by atoms with Crippen LogP contribution in [0, 0.1) is 20.8 Å². The van der Waals surface area contributed by atoms with Gasteiger partial charge in [-0.15, -0.1) is 5.10 Å². The predicted octanol–water partition coefficient (Wildman–Crippen LogP) is 4.83. The lowest BCUT2D eigenvalue weighted by Gasteiger charge is -2.10. The molecule has 0 atom stereocenters. The van der Waals surface area contributed by atoms with Gasteiger partial charge in [0.25, 0.3) is 5.91 Å². The summed E-state index contributed by atoms with van der Waals surface area (Å²) in [5.41, 5.74) is 3.54. The van der Waals surface area contributed by atoms with Crippen LogP contribution in [0.5, 0.6) is 11.5 Å². The predicted molar refractivity (Wildman–Crippen MR) is 128 cm³/mol. The number of rotatable bonds is 7. The number of hydrogen-bond donors (Lipinski definition) is 1. The highest BCUT2D eigenvalue weighted by atomic mass is 35.5. The molecule has 1 N–H and O–H groups in total. The van der Waals surface area contributed by atoms with Gasteiger partial charge in [-0.05, 0) is 50.6 Å². The van der Waals surface area contributed by atoms with Crippen LogP contribution in [0.3, 0.4) is 0 Å². The lowest BCUT2D eigenvalue weighted by atomic mass is 10.2. The number of aromatic nitrogens is 4. The number of hydrogen-bond acceptors (Lipinski definition) is 7. The Morgan fingerprint density at radius 2 is 1.88 bits per heavy atom. The van der Waals surface area contributed by atoms with Crippen LogP contribution in [-0.4, -0.2) is 40.1 Å². The Morgan fingerprint density at radius 1 is 1.12 bits per heavy atom. The highest BCUT2D eigenvalue weighted by molar-refractivity contribution is 6.31. The number of aryl methyl sites for hydroxylation is 1. The van der Waals surface area contributed by atoms with Crippen molar-refractivity contribution in [2.24, 2.45) is 0 Å². The zero-order valence-corrected chi connectivity index (χ0v) is 20.2.